The maximum absolute atomic E-state index is 5.01. The van der Waals surface area contributed by atoms with Crippen LogP contribution in [0.5, 0.6) is 0 Å². The van der Waals surface area contributed by atoms with Crippen LogP contribution in [0.4, 0.5) is 5.69 Å². The third kappa shape index (κ3) is 6.17. The highest BCUT2D eigenvalue weighted by atomic mass is 79.9. The molecular weight excluding hydrogens is 324 g/mol. The van der Waals surface area contributed by atoms with Gasteiger partial charge in [-0.1, -0.05) is 6.07 Å². The van der Waals surface area contributed by atoms with E-state index in [1.807, 2.05) is 11.8 Å². The third-order valence-electron chi connectivity index (χ3n) is 2.87. The summed E-state index contributed by atoms with van der Waals surface area (Å²) in [5.74, 6) is 1.14. The molecule has 0 aliphatic rings. The molecular formula is C14H23BrN2OS. The number of ether oxygens (including phenoxy) is 1. The van der Waals surface area contributed by atoms with Gasteiger partial charge in [-0.15, -0.1) is 0 Å². The zero-order valence-corrected chi connectivity index (χ0v) is 14.3. The number of nitrogens with zero attached hydrogens (tertiary/aromatic N) is 1. The van der Waals surface area contributed by atoms with E-state index in [9.17, 15) is 0 Å². The minimum atomic E-state index is 0.747. The standard InChI is InChI=1S/C14H23BrN2OS/c1-17(7-9-19-3)14-5-4-12(10-13(14)15)11-16-6-8-18-2/h4-5,10,16H,6-9,11H2,1-3H3. The molecule has 0 heterocycles. The van der Waals surface area contributed by atoms with Crippen molar-refractivity contribution in [3.05, 3.63) is 28.2 Å². The van der Waals surface area contributed by atoms with E-state index in [0.29, 0.717) is 0 Å². The highest BCUT2D eigenvalue weighted by Crippen LogP contribution is 2.26. The van der Waals surface area contributed by atoms with E-state index in [4.69, 9.17) is 4.74 Å². The number of hydrogen-bond donors (Lipinski definition) is 1. The van der Waals surface area contributed by atoms with Crippen molar-refractivity contribution in [2.45, 2.75) is 6.54 Å². The number of nitrogens with one attached hydrogen (secondary N) is 1. The third-order valence-corrected chi connectivity index (χ3v) is 4.09. The lowest BCUT2D eigenvalue weighted by molar-refractivity contribution is 0.199. The molecule has 1 N–H and O–H groups in total. The number of methoxy groups -OCH3 is 1. The van der Waals surface area contributed by atoms with Gasteiger partial charge in [-0.05, 0) is 39.9 Å². The summed E-state index contributed by atoms with van der Waals surface area (Å²) >= 11 is 5.53. The second-order valence-corrected chi connectivity index (χ2v) is 6.21. The summed E-state index contributed by atoms with van der Waals surface area (Å²) < 4.78 is 6.17. The summed E-state index contributed by atoms with van der Waals surface area (Å²) in [7, 11) is 3.85. The fourth-order valence-electron chi connectivity index (χ4n) is 1.73. The fourth-order valence-corrected chi connectivity index (χ4v) is 2.91. The highest BCUT2D eigenvalue weighted by molar-refractivity contribution is 9.10. The van der Waals surface area contributed by atoms with E-state index in [-0.39, 0.29) is 0 Å². The molecule has 0 bridgehead atoms. The van der Waals surface area contributed by atoms with Crippen molar-refractivity contribution < 1.29 is 4.74 Å². The first-order chi connectivity index (χ1) is 9.19. The SMILES string of the molecule is COCCNCc1ccc(N(C)CCSC)c(Br)c1. The molecule has 19 heavy (non-hydrogen) atoms. The molecule has 5 heteroatoms. The zero-order chi connectivity index (χ0) is 14.1. The number of rotatable bonds is 9. The van der Waals surface area contributed by atoms with Crippen LogP contribution in [0.1, 0.15) is 5.56 Å². The molecule has 0 radical (unpaired) electrons. The number of benzene rings is 1. The van der Waals surface area contributed by atoms with Gasteiger partial charge in [0, 0.05) is 44.0 Å². The normalized spacial score (nSPS) is 10.7. The van der Waals surface area contributed by atoms with Gasteiger partial charge in [-0.2, -0.15) is 11.8 Å². The molecule has 0 aliphatic carbocycles. The van der Waals surface area contributed by atoms with E-state index in [1.165, 1.54) is 11.3 Å². The summed E-state index contributed by atoms with van der Waals surface area (Å²) in [5, 5.41) is 3.35. The van der Waals surface area contributed by atoms with Crippen molar-refractivity contribution in [3.63, 3.8) is 0 Å². The Hall–Kier alpha value is -0.230. The summed E-state index contributed by atoms with van der Waals surface area (Å²) in [6.07, 6.45) is 2.14. The van der Waals surface area contributed by atoms with Crippen molar-refractivity contribution >= 4 is 33.4 Å². The zero-order valence-electron chi connectivity index (χ0n) is 11.9. The van der Waals surface area contributed by atoms with Gasteiger partial charge in [0.25, 0.3) is 0 Å². The van der Waals surface area contributed by atoms with Crippen LogP contribution in [-0.4, -0.2) is 45.9 Å². The van der Waals surface area contributed by atoms with Crippen molar-refractivity contribution in [3.8, 4) is 0 Å². The Morgan fingerprint density at radius 2 is 2.21 bits per heavy atom. The first-order valence-corrected chi connectivity index (χ1v) is 8.56. The molecule has 3 nitrogen and oxygen atoms in total. The second kappa shape index (κ2) is 9.64. The molecule has 0 amide bonds. The molecule has 0 fully saturated rings. The predicted molar refractivity (Wildman–Crippen MR) is 89.4 cm³/mol. The Morgan fingerprint density at radius 3 is 2.84 bits per heavy atom. The van der Waals surface area contributed by atoms with Gasteiger partial charge >= 0.3 is 0 Å². The molecule has 108 valence electrons. The topological polar surface area (TPSA) is 24.5 Å². The van der Waals surface area contributed by atoms with Gasteiger partial charge in [0.1, 0.15) is 0 Å². The van der Waals surface area contributed by atoms with Crippen LogP contribution in [0, 0.1) is 0 Å². The molecule has 1 aromatic rings. The van der Waals surface area contributed by atoms with E-state index >= 15 is 0 Å². The minimum Gasteiger partial charge on any atom is -0.383 e. The Bertz CT molecular complexity index is 376. The molecule has 0 aliphatic heterocycles. The molecule has 0 saturated heterocycles. The van der Waals surface area contributed by atoms with Crippen LogP contribution in [-0.2, 0) is 11.3 Å². The van der Waals surface area contributed by atoms with E-state index in [1.54, 1.807) is 7.11 Å². The number of hydrogen-bond acceptors (Lipinski definition) is 4. The van der Waals surface area contributed by atoms with Gasteiger partial charge in [-0.3, -0.25) is 0 Å². The Balaban J connectivity index is 2.53. The molecule has 0 atom stereocenters. The van der Waals surface area contributed by atoms with Crippen LogP contribution in [0.2, 0.25) is 0 Å². The maximum Gasteiger partial charge on any atom is 0.0587 e. The van der Waals surface area contributed by atoms with E-state index in [0.717, 1.165) is 36.5 Å². The molecule has 0 unspecified atom stereocenters. The highest BCUT2D eigenvalue weighted by Gasteiger charge is 2.06. The van der Waals surface area contributed by atoms with Gasteiger partial charge in [-0.25, -0.2) is 0 Å². The summed E-state index contributed by atoms with van der Waals surface area (Å²) in [4.78, 5) is 2.28. The minimum absolute atomic E-state index is 0.747. The van der Waals surface area contributed by atoms with Crippen LogP contribution in [0.25, 0.3) is 0 Å². The smallest absolute Gasteiger partial charge is 0.0587 e. The molecule has 0 saturated carbocycles. The van der Waals surface area contributed by atoms with Crippen molar-refractivity contribution in [2.75, 3.05) is 50.8 Å². The van der Waals surface area contributed by atoms with Gasteiger partial charge < -0.3 is 15.0 Å². The first kappa shape index (κ1) is 16.8. The number of anilines is 1. The maximum atomic E-state index is 5.01. The largest absolute Gasteiger partial charge is 0.383 e. The van der Waals surface area contributed by atoms with Crippen LogP contribution < -0.4 is 10.2 Å². The van der Waals surface area contributed by atoms with Crippen LogP contribution in [0.3, 0.4) is 0 Å². The lowest BCUT2D eigenvalue weighted by Gasteiger charge is -2.21. The second-order valence-electron chi connectivity index (χ2n) is 4.37. The molecule has 1 rings (SSSR count). The van der Waals surface area contributed by atoms with Gasteiger partial charge in [0.05, 0.1) is 12.3 Å². The number of thioether (sulfide) groups is 1. The lowest BCUT2D eigenvalue weighted by Crippen LogP contribution is -2.21. The Morgan fingerprint density at radius 1 is 1.42 bits per heavy atom. The molecule has 0 aromatic heterocycles. The first-order valence-electron chi connectivity index (χ1n) is 6.37. The summed E-state index contributed by atoms with van der Waals surface area (Å²) in [6.45, 7) is 3.56. The van der Waals surface area contributed by atoms with E-state index in [2.05, 4.69) is 57.6 Å². The van der Waals surface area contributed by atoms with Crippen LogP contribution in [0.15, 0.2) is 22.7 Å². The van der Waals surface area contributed by atoms with Crippen LogP contribution >= 0.6 is 27.7 Å². The van der Waals surface area contributed by atoms with Crippen molar-refractivity contribution in [2.24, 2.45) is 0 Å². The summed E-state index contributed by atoms with van der Waals surface area (Å²) in [5.41, 5.74) is 2.53. The Labute approximate surface area is 129 Å². The average Bonchev–Trinajstić information content (AvgIpc) is 2.41. The fraction of sp³-hybridized carbons (Fsp3) is 0.571. The monoisotopic (exact) mass is 346 g/mol. The Kier molecular flexibility index (Phi) is 8.53. The quantitative estimate of drug-likeness (QED) is 0.694. The lowest BCUT2D eigenvalue weighted by atomic mass is 10.2. The van der Waals surface area contributed by atoms with Gasteiger partial charge in [0.15, 0.2) is 0 Å². The predicted octanol–water partition coefficient (Wildman–Crippen LogP) is 2.98. The van der Waals surface area contributed by atoms with E-state index < -0.39 is 0 Å². The van der Waals surface area contributed by atoms with Crippen molar-refractivity contribution in [1.29, 1.82) is 0 Å². The molecule has 1 aromatic carbocycles. The average molecular weight is 347 g/mol. The summed E-state index contributed by atoms with van der Waals surface area (Å²) in [6, 6.07) is 6.54. The number of halogens is 1. The van der Waals surface area contributed by atoms with Crippen molar-refractivity contribution in [1.82, 2.24) is 5.32 Å². The molecule has 0 spiro atoms. The van der Waals surface area contributed by atoms with Gasteiger partial charge in [0.2, 0.25) is 0 Å².